The van der Waals surface area contributed by atoms with Crippen LogP contribution < -0.4 is 16.4 Å². The van der Waals surface area contributed by atoms with E-state index in [2.05, 4.69) is 71.5 Å². The lowest BCUT2D eigenvalue weighted by Gasteiger charge is -2.01. The number of unbranched alkanes of at least 4 members (excludes halogenated alkanes) is 6. The Kier molecular flexibility index (Phi) is 38.9. The maximum absolute atomic E-state index is 10.4. The first-order valence-corrected chi connectivity index (χ1v) is 14.0. The van der Waals surface area contributed by atoms with Gasteiger partial charge in [-0.15, -0.1) is 0 Å². The summed E-state index contributed by atoms with van der Waals surface area (Å²) in [7, 11) is -4.64. The van der Waals surface area contributed by atoms with E-state index in [4.69, 9.17) is 19.2 Å². The summed E-state index contributed by atoms with van der Waals surface area (Å²) in [6.45, 7) is 18.3. The first-order valence-electron chi connectivity index (χ1n) is 12.4. The summed E-state index contributed by atoms with van der Waals surface area (Å²) in [4.78, 5) is 66.5. The average Bonchev–Trinajstić information content (AvgIpc) is 2.87. The van der Waals surface area contributed by atoms with Gasteiger partial charge in [-0.1, -0.05) is 79.0 Å². The molecule has 0 aliphatic rings. The molecule has 0 amide bonds. The zero-order valence-electron chi connectivity index (χ0n) is 23.0. The topological polar surface area (TPSA) is 193 Å². The zero-order valence-corrected chi connectivity index (χ0v) is 23.9. The van der Waals surface area contributed by atoms with E-state index in [0.29, 0.717) is 19.6 Å². The van der Waals surface area contributed by atoms with Gasteiger partial charge in [0.1, 0.15) is 0 Å². The molecule has 6 N–H and O–H groups in total. The van der Waals surface area contributed by atoms with Gasteiger partial charge in [-0.05, 0) is 19.3 Å². The van der Waals surface area contributed by atoms with Crippen molar-refractivity contribution in [2.24, 2.45) is 0 Å². The lowest BCUT2D eigenvalue weighted by atomic mass is 10.3. The molecule has 0 saturated heterocycles. The van der Waals surface area contributed by atoms with Crippen LogP contribution in [0.1, 0.15) is 78.6 Å². The van der Waals surface area contributed by atoms with E-state index in [0.717, 1.165) is 76.0 Å². The van der Waals surface area contributed by atoms with Crippen LogP contribution >= 0.6 is 7.82 Å². The van der Waals surface area contributed by atoms with Crippen LogP contribution in [0.4, 0.5) is 0 Å². The van der Waals surface area contributed by atoms with E-state index in [-0.39, 0.29) is 0 Å². The van der Waals surface area contributed by atoms with Gasteiger partial charge in [-0.25, -0.2) is 18.9 Å². The molecule has 13 nitrogen and oxygen atoms in total. The van der Waals surface area contributed by atoms with Crippen molar-refractivity contribution in [3.05, 3.63) is 38.0 Å². The Morgan fingerprint density at radius 3 is 0.974 bits per heavy atom. The van der Waals surface area contributed by atoms with Crippen LogP contribution in [0.2, 0.25) is 0 Å². The largest absolute Gasteiger partial charge is 0.466 e. The van der Waals surface area contributed by atoms with Gasteiger partial charge in [0.05, 0.1) is 0 Å². The van der Waals surface area contributed by atoms with Crippen LogP contribution in [0.25, 0.3) is 0 Å². The number of hydrogen-bond acceptors (Lipinski definition) is 10. The van der Waals surface area contributed by atoms with Crippen molar-refractivity contribution in [1.29, 1.82) is 0 Å². The van der Waals surface area contributed by atoms with Crippen LogP contribution in [0, 0.1) is 0 Å². The third-order valence-corrected chi connectivity index (χ3v) is 3.67. The van der Waals surface area contributed by atoms with Crippen molar-refractivity contribution in [3.8, 4) is 0 Å². The number of hydrogen-bond donors (Lipinski definition) is 6. The minimum Gasteiger partial charge on any atom is -0.367 e. The van der Waals surface area contributed by atoms with Crippen molar-refractivity contribution in [2.75, 3.05) is 19.6 Å². The molecule has 0 spiro atoms. The Balaban J connectivity index is -0.000000209. The lowest BCUT2D eigenvalue weighted by Crippen LogP contribution is -2.19. The summed E-state index contributed by atoms with van der Waals surface area (Å²) in [5, 5.41) is 0. The molecular formula is C24H48N3O10P. The second-order valence-corrected chi connectivity index (χ2v) is 8.22. The molecule has 0 atom stereocenters. The highest BCUT2D eigenvalue weighted by Gasteiger charge is 2.00. The van der Waals surface area contributed by atoms with Crippen LogP contribution in [-0.4, -0.2) is 52.2 Å². The smallest absolute Gasteiger partial charge is 0.367 e. The van der Waals surface area contributed by atoms with Crippen LogP contribution in [0.5, 0.6) is 0 Å². The van der Waals surface area contributed by atoms with E-state index < -0.39 is 25.7 Å². The van der Waals surface area contributed by atoms with E-state index in [1.165, 1.54) is 0 Å². The standard InChI is InChI=1S/3C8H15NO2.H3O4P/c3*1-3-5-6-7-9-11-8(10)4-2;1-5(2,3)4/h3*4,9H,2-3,5-7H2,1H3;(H3,1,2,3,4). The first kappa shape index (κ1) is 42.7. The normalized spacial score (nSPS) is 9.53. The van der Waals surface area contributed by atoms with Gasteiger partial charge >= 0.3 is 25.7 Å². The molecule has 0 fully saturated rings. The average molecular weight is 570 g/mol. The third kappa shape index (κ3) is 59.0. The molecule has 224 valence electrons. The number of rotatable bonds is 18. The Morgan fingerprint density at radius 2 is 0.816 bits per heavy atom. The molecule has 38 heavy (non-hydrogen) atoms. The summed E-state index contributed by atoms with van der Waals surface area (Å²) >= 11 is 0. The Labute approximate surface area is 226 Å². The summed E-state index contributed by atoms with van der Waals surface area (Å²) in [6, 6.07) is 0. The highest BCUT2D eigenvalue weighted by atomic mass is 31.2. The maximum atomic E-state index is 10.4. The summed E-state index contributed by atoms with van der Waals surface area (Å²) in [6.07, 6.45) is 13.4. The van der Waals surface area contributed by atoms with Gasteiger partial charge in [-0.2, -0.15) is 16.4 Å². The molecule has 14 heteroatoms. The van der Waals surface area contributed by atoms with E-state index in [1.807, 2.05) is 0 Å². The Morgan fingerprint density at radius 1 is 0.605 bits per heavy atom. The summed E-state index contributed by atoms with van der Waals surface area (Å²) < 4.78 is 8.88. The van der Waals surface area contributed by atoms with Gasteiger partial charge in [-0.3, -0.25) is 0 Å². The van der Waals surface area contributed by atoms with Crippen LogP contribution in [-0.2, 0) is 33.5 Å². The van der Waals surface area contributed by atoms with Gasteiger partial charge in [0.2, 0.25) is 0 Å². The van der Waals surface area contributed by atoms with Crippen LogP contribution in [0.15, 0.2) is 38.0 Å². The first-order chi connectivity index (χ1) is 17.9. The molecule has 0 saturated carbocycles. The van der Waals surface area contributed by atoms with Gasteiger partial charge in [0, 0.05) is 37.9 Å². The number of nitrogens with one attached hydrogen (secondary N) is 3. The SMILES string of the molecule is C=CC(=O)ONCCCCC.C=CC(=O)ONCCCCC.C=CC(=O)ONCCCCC.O=P(O)(O)O. The predicted octanol–water partition coefficient (Wildman–Crippen LogP) is 3.30. The molecule has 0 rings (SSSR count). The molecule has 0 unspecified atom stereocenters. The number of carbonyl (C=O) groups is 3. The second-order valence-electron chi connectivity index (χ2n) is 7.19. The van der Waals surface area contributed by atoms with Gasteiger partial charge in [0.15, 0.2) is 0 Å². The molecule has 0 aromatic carbocycles. The lowest BCUT2D eigenvalue weighted by molar-refractivity contribution is -0.145. The van der Waals surface area contributed by atoms with E-state index >= 15 is 0 Å². The fourth-order valence-corrected chi connectivity index (χ4v) is 1.83. The fraction of sp³-hybridized carbons (Fsp3) is 0.625. The van der Waals surface area contributed by atoms with Gasteiger partial charge < -0.3 is 29.2 Å². The quantitative estimate of drug-likeness (QED) is 0.0463. The second kappa shape index (κ2) is 34.6. The van der Waals surface area contributed by atoms with E-state index in [1.54, 1.807) is 0 Å². The summed E-state index contributed by atoms with van der Waals surface area (Å²) in [5.41, 5.74) is 7.65. The number of carbonyl (C=O) groups excluding carboxylic acids is 3. The van der Waals surface area contributed by atoms with Crippen molar-refractivity contribution in [1.82, 2.24) is 16.4 Å². The Hall–Kier alpha value is -2.38. The van der Waals surface area contributed by atoms with Gasteiger partial charge in [0.25, 0.3) is 0 Å². The highest BCUT2D eigenvalue weighted by molar-refractivity contribution is 7.45. The minimum absolute atomic E-state index is 0.429. The zero-order chi connectivity index (χ0) is 30.1. The molecular weight excluding hydrogens is 521 g/mol. The van der Waals surface area contributed by atoms with Crippen molar-refractivity contribution in [2.45, 2.75) is 78.6 Å². The fourth-order valence-electron chi connectivity index (χ4n) is 1.83. The molecule has 0 aromatic heterocycles. The summed E-state index contributed by atoms with van der Waals surface area (Å²) in [5.74, 6) is -1.29. The number of hydroxylamine groups is 3. The predicted molar refractivity (Wildman–Crippen MR) is 146 cm³/mol. The molecule has 0 bridgehead atoms. The maximum Gasteiger partial charge on any atom is 0.466 e. The van der Waals surface area contributed by atoms with Crippen LogP contribution in [0.3, 0.4) is 0 Å². The third-order valence-electron chi connectivity index (χ3n) is 3.67. The molecule has 0 heterocycles. The Bertz CT molecular complexity index is 578. The molecule has 0 aliphatic heterocycles. The number of phosphoric acid groups is 1. The molecule has 0 radical (unpaired) electrons. The highest BCUT2D eigenvalue weighted by Crippen LogP contribution is 2.25. The van der Waals surface area contributed by atoms with Crippen molar-refractivity contribution >= 4 is 25.7 Å². The molecule has 0 aliphatic carbocycles. The minimum atomic E-state index is -4.64. The van der Waals surface area contributed by atoms with Crippen molar-refractivity contribution < 1.29 is 48.1 Å². The van der Waals surface area contributed by atoms with E-state index in [9.17, 15) is 14.4 Å². The monoisotopic (exact) mass is 569 g/mol. The van der Waals surface area contributed by atoms with Crippen molar-refractivity contribution in [3.63, 3.8) is 0 Å². The molecule has 0 aromatic rings.